The lowest BCUT2D eigenvalue weighted by atomic mass is 10.0. The summed E-state index contributed by atoms with van der Waals surface area (Å²) in [5.41, 5.74) is 2.84. The van der Waals surface area contributed by atoms with Crippen LogP contribution in [0.1, 0.15) is 28.9 Å². The maximum absolute atomic E-state index is 13.1. The third-order valence-electron chi connectivity index (χ3n) is 4.57. The number of ether oxygens (including phenoxy) is 2. The monoisotopic (exact) mass is 345 g/mol. The number of rotatable bonds is 5. The summed E-state index contributed by atoms with van der Waals surface area (Å²) < 4.78 is 24.3. The van der Waals surface area contributed by atoms with Gasteiger partial charge in [-0.05, 0) is 36.8 Å². The van der Waals surface area contributed by atoms with Crippen molar-refractivity contribution in [2.24, 2.45) is 0 Å². The molecule has 1 N–H and O–H groups in total. The molecule has 2 aromatic carbocycles. The van der Waals surface area contributed by atoms with Gasteiger partial charge in [0.25, 0.3) is 0 Å². The lowest BCUT2D eigenvalue weighted by Gasteiger charge is -2.34. The molecule has 0 unspecified atom stereocenters. The summed E-state index contributed by atoms with van der Waals surface area (Å²) in [4.78, 5) is 2.17. The lowest BCUT2D eigenvalue weighted by molar-refractivity contribution is -0.0425. The van der Waals surface area contributed by atoms with E-state index in [0.717, 1.165) is 23.2 Å². The van der Waals surface area contributed by atoms with Gasteiger partial charge in [-0.2, -0.15) is 0 Å². The minimum absolute atomic E-state index is 0.110. The number of hydrogen-bond acceptors (Lipinski definition) is 4. The number of β-amino-alcohol motifs (C(OH)–C–C–N with tert-alkyl or cyclic N) is 1. The molecule has 25 heavy (non-hydrogen) atoms. The molecule has 1 fully saturated rings. The van der Waals surface area contributed by atoms with Crippen molar-refractivity contribution in [3.05, 3.63) is 65.0 Å². The summed E-state index contributed by atoms with van der Waals surface area (Å²) >= 11 is 0. The number of nitrogens with zero attached hydrogens (tertiary/aromatic N) is 1. The summed E-state index contributed by atoms with van der Waals surface area (Å²) in [6, 6.07) is 12.2. The van der Waals surface area contributed by atoms with E-state index in [-0.39, 0.29) is 11.9 Å². The van der Waals surface area contributed by atoms with Crippen LogP contribution in [0.25, 0.3) is 0 Å². The van der Waals surface area contributed by atoms with Gasteiger partial charge in [-0.3, -0.25) is 4.90 Å². The second kappa shape index (κ2) is 7.95. The average molecular weight is 345 g/mol. The first kappa shape index (κ1) is 17.9. The van der Waals surface area contributed by atoms with E-state index in [0.29, 0.717) is 25.4 Å². The van der Waals surface area contributed by atoms with Crippen LogP contribution in [0.15, 0.2) is 42.5 Å². The van der Waals surface area contributed by atoms with Crippen molar-refractivity contribution in [3.63, 3.8) is 0 Å². The van der Waals surface area contributed by atoms with Crippen molar-refractivity contribution >= 4 is 0 Å². The van der Waals surface area contributed by atoms with E-state index in [1.54, 1.807) is 19.2 Å². The summed E-state index contributed by atoms with van der Waals surface area (Å²) in [5.74, 6) is 0.444. The Kier molecular flexibility index (Phi) is 5.68. The zero-order chi connectivity index (χ0) is 17.8. The SMILES string of the molecule is COc1ccc(C)cc1[C@H](O)CN1CCO[C@@H](c2ccc(F)cc2)C1. The molecule has 1 heterocycles. The van der Waals surface area contributed by atoms with Crippen LogP contribution >= 0.6 is 0 Å². The highest BCUT2D eigenvalue weighted by Crippen LogP contribution is 2.29. The number of aliphatic hydroxyl groups is 1. The van der Waals surface area contributed by atoms with E-state index in [9.17, 15) is 9.50 Å². The van der Waals surface area contributed by atoms with Crippen molar-refractivity contribution in [2.45, 2.75) is 19.1 Å². The number of morpholine rings is 1. The molecule has 0 saturated carbocycles. The Morgan fingerprint density at radius 1 is 1.28 bits per heavy atom. The van der Waals surface area contributed by atoms with E-state index in [1.165, 1.54) is 12.1 Å². The van der Waals surface area contributed by atoms with Crippen LogP contribution in [0, 0.1) is 12.7 Å². The van der Waals surface area contributed by atoms with Crippen molar-refractivity contribution < 1.29 is 19.0 Å². The smallest absolute Gasteiger partial charge is 0.124 e. The van der Waals surface area contributed by atoms with Gasteiger partial charge in [0.2, 0.25) is 0 Å². The number of hydrogen-bond donors (Lipinski definition) is 1. The second-order valence-corrected chi connectivity index (χ2v) is 6.43. The number of aliphatic hydroxyl groups excluding tert-OH is 1. The highest BCUT2D eigenvalue weighted by atomic mass is 19.1. The summed E-state index contributed by atoms with van der Waals surface area (Å²) in [6.07, 6.45) is -0.747. The molecule has 5 heteroatoms. The molecule has 0 aromatic heterocycles. The first-order chi connectivity index (χ1) is 12.1. The molecule has 2 atom stereocenters. The molecule has 0 bridgehead atoms. The van der Waals surface area contributed by atoms with Crippen molar-refractivity contribution in [2.75, 3.05) is 33.4 Å². The van der Waals surface area contributed by atoms with Gasteiger partial charge in [-0.15, -0.1) is 0 Å². The number of methoxy groups -OCH3 is 1. The van der Waals surface area contributed by atoms with Gasteiger partial charge < -0.3 is 14.6 Å². The average Bonchev–Trinajstić information content (AvgIpc) is 2.62. The fourth-order valence-corrected chi connectivity index (χ4v) is 3.20. The molecule has 2 aromatic rings. The summed E-state index contributed by atoms with van der Waals surface area (Å²) in [7, 11) is 1.61. The molecule has 0 radical (unpaired) electrons. The van der Waals surface area contributed by atoms with Crippen molar-refractivity contribution in [3.8, 4) is 5.75 Å². The van der Waals surface area contributed by atoms with Gasteiger partial charge in [0.1, 0.15) is 11.6 Å². The maximum Gasteiger partial charge on any atom is 0.124 e. The molecule has 1 aliphatic heterocycles. The van der Waals surface area contributed by atoms with Gasteiger partial charge in [-0.25, -0.2) is 4.39 Å². The molecular weight excluding hydrogens is 321 g/mol. The Bertz CT molecular complexity index is 705. The summed E-state index contributed by atoms with van der Waals surface area (Å²) in [5, 5.41) is 10.7. The fraction of sp³-hybridized carbons (Fsp3) is 0.400. The molecule has 0 amide bonds. The Hall–Kier alpha value is -1.95. The van der Waals surface area contributed by atoms with Crippen LogP contribution in [0.3, 0.4) is 0 Å². The Morgan fingerprint density at radius 3 is 2.76 bits per heavy atom. The van der Waals surface area contributed by atoms with Crippen LogP contribution in [-0.2, 0) is 4.74 Å². The molecule has 0 aliphatic carbocycles. The van der Waals surface area contributed by atoms with E-state index < -0.39 is 6.10 Å². The van der Waals surface area contributed by atoms with E-state index in [1.807, 2.05) is 25.1 Å². The van der Waals surface area contributed by atoms with E-state index >= 15 is 0 Å². The molecular formula is C20H24FNO3. The Labute approximate surface area is 147 Å². The van der Waals surface area contributed by atoms with Gasteiger partial charge in [-0.1, -0.05) is 23.8 Å². The fourth-order valence-electron chi connectivity index (χ4n) is 3.20. The largest absolute Gasteiger partial charge is 0.496 e. The maximum atomic E-state index is 13.1. The highest BCUT2D eigenvalue weighted by Gasteiger charge is 2.25. The summed E-state index contributed by atoms with van der Waals surface area (Å²) in [6.45, 7) is 4.50. The lowest BCUT2D eigenvalue weighted by Crippen LogP contribution is -2.40. The zero-order valence-electron chi connectivity index (χ0n) is 14.6. The molecule has 134 valence electrons. The van der Waals surface area contributed by atoms with Crippen LogP contribution in [0.4, 0.5) is 4.39 Å². The minimum Gasteiger partial charge on any atom is -0.496 e. The third-order valence-corrected chi connectivity index (χ3v) is 4.57. The standard InChI is InChI=1S/C20H24FNO3/c1-14-3-8-19(24-2)17(11-14)18(23)12-22-9-10-25-20(13-22)15-4-6-16(21)7-5-15/h3-8,11,18,20,23H,9-10,12-13H2,1-2H3/t18-,20-/m1/s1. The van der Waals surface area contributed by atoms with E-state index in [2.05, 4.69) is 4.90 Å². The molecule has 1 aliphatic rings. The highest BCUT2D eigenvalue weighted by molar-refractivity contribution is 5.38. The van der Waals surface area contributed by atoms with Crippen LogP contribution in [-0.4, -0.2) is 43.4 Å². The molecule has 4 nitrogen and oxygen atoms in total. The predicted octanol–water partition coefficient (Wildman–Crippen LogP) is 3.25. The number of aryl methyl sites for hydroxylation is 1. The van der Waals surface area contributed by atoms with Crippen LogP contribution in [0.2, 0.25) is 0 Å². The first-order valence-electron chi connectivity index (χ1n) is 8.49. The normalized spacial score (nSPS) is 19.6. The van der Waals surface area contributed by atoms with Gasteiger partial charge in [0, 0.05) is 25.2 Å². The van der Waals surface area contributed by atoms with E-state index in [4.69, 9.17) is 9.47 Å². The minimum atomic E-state index is -0.637. The Morgan fingerprint density at radius 2 is 2.04 bits per heavy atom. The first-order valence-corrected chi connectivity index (χ1v) is 8.49. The van der Waals surface area contributed by atoms with Crippen molar-refractivity contribution in [1.82, 2.24) is 4.90 Å². The molecule has 1 saturated heterocycles. The molecule has 3 rings (SSSR count). The Balaban J connectivity index is 1.68. The van der Waals surface area contributed by atoms with Gasteiger partial charge in [0.05, 0.1) is 25.9 Å². The van der Waals surface area contributed by atoms with Crippen molar-refractivity contribution in [1.29, 1.82) is 0 Å². The van der Waals surface area contributed by atoms with Gasteiger partial charge in [0.15, 0.2) is 0 Å². The number of benzene rings is 2. The zero-order valence-corrected chi connectivity index (χ0v) is 14.6. The van der Waals surface area contributed by atoms with Crippen LogP contribution < -0.4 is 4.74 Å². The quantitative estimate of drug-likeness (QED) is 0.903. The number of halogens is 1. The van der Waals surface area contributed by atoms with Crippen LogP contribution in [0.5, 0.6) is 5.75 Å². The van der Waals surface area contributed by atoms with Gasteiger partial charge >= 0.3 is 0 Å². The molecule has 0 spiro atoms. The predicted molar refractivity (Wildman–Crippen MR) is 94.2 cm³/mol. The third kappa shape index (κ3) is 4.37. The second-order valence-electron chi connectivity index (χ2n) is 6.43. The topological polar surface area (TPSA) is 41.9 Å².